The van der Waals surface area contributed by atoms with Crippen molar-refractivity contribution in [2.24, 2.45) is 0 Å². The maximum absolute atomic E-state index is 10.8. The number of nitro benzene ring substituents is 1. The van der Waals surface area contributed by atoms with Gasteiger partial charge in [0.1, 0.15) is 6.61 Å². The summed E-state index contributed by atoms with van der Waals surface area (Å²) in [4.78, 5) is 10.4. The number of hydrogen-bond acceptors (Lipinski definition) is 5. The normalized spacial score (nSPS) is 10.5. The van der Waals surface area contributed by atoms with Crippen molar-refractivity contribution < 1.29 is 14.4 Å². The minimum absolute atomic E-state index is 0.0617. The Morgan fingerprint density at radius 3 is 2.37 bits per heavy atom. The summed E-state index contributed by atoms with van der Waals surface area (Å²) in [5.41, 5.74) is 4.22. The van der Waals surface area contributed by atoms with Gasteiger partial charge in [0.05, 0.1) is 11.5 Å². The zero-order valence-electron chi connectivity index (χ0n) is 16.9. The van der Waals surface area contributed by atoms with Gasteiger partial charge in [-0.1, -0.05) is 22.0 Å². The molecule has 0 radical (unpaired) electrons. The van der Waals surface area contributed by atoms with Crippen LogP contribution in [0.15, 0.2) is 65.1 Å². The van der Waals surface area contributed by atoms with Crippen molar-refractivity contribution in [3.05, 3.63) is 91.9 Å². The minimum atomic E-state index is -0.416. The topological polar surface area (TPSA) is 73.6 Å². The van der Waals surface area contributed by atoms with Crippen molar-refractivity contribution in [3.8, 4) is 11.5 Å². The molecule has 0 aliphatic rings. The Hall–Kier alpha value is -3.06. The van der Waals surface area contributed by atoms with Crippen LogP contribution in [0.3, 0.4) is 0 Å². The molecule has 0 aromatic heterocycles. The Kier molecular flexibility index (Phi) is 7.30. The molecule has 6 nitrogen and oxygen atoms in total. The van der Waals surface area contributed by atoms with Gasteiger partial charge in [0.25, 0.3) is 5.69 Å². The number of halogens is 1. The summed E-state index contributed by atoms with van der Waals surface area (Å²) < 4.78 is 12.7. The molecule has 0 bridgehead atoms. The van der Waals surface area contributed by atoms with Crippen LogP contribution in [0.5, 0.6) is 11.5 Å². The van der Waals surface area contributed by atoms with Crippen LogP contribution < -0.4 is 14.8 Å². The number of benzene rings is 3. The summed E-state index contributed by atoms with van der Waals surface area (Å²) in [7, 11) is 0. The highest BCUT2D eigenvalue weighted by Gasteiger charge is 2.09. The fraction of sp³-hybridized carbons (Fsp3) is 0.217. The van der Waals surface area contributed by atoms with Crippen molar-refractivity contribution in [1.82, 2.24) is 0 Å². The molecule has 0 saturated heterocycles. The lowest BCUT2D eigenvalue weighted by Gasteiger charge is -2.15. The summed E-state index contributed by atoms with van der Waals surface area (Å²) in [5, 5.41) is 14.2. The third kappa shape index (κ3) is 5.73. The average molecular weight is 471 g/mol. The predicted molar refractivity (Wildman–Crippen MR) is 121 cm³/mol. The monoisotopic (exact) mass is 470 g/mol. The van der Waals surface area contributed by atoms with E-state index in [4.69, 9.17) is 9.47 Å². The molecule has 7 heteroatoms. The van der Waals surface area contributed by atoms with Crippen LogP contribution in [0.1, 0.15) is 23.6 Å². The molecule has 0 aliphatic heterocycles. The third-order valence-corrected chi connectivity index (χ3v) is 5.01. The smallest absolute Gasteiger partial charge is 0.269 e. The van der Waals surface area contributed by atoms with E-state index in [1.54, 1.807) is 12.1 Å². The first kappa shape index (κ1) is 21.6. The highest BCUT2D eigenvalue weighted by Crippen LogP contribution is 2.30. The number of nitro groups is 1. The van der Waals surface area contributed by atoms with Crippen molar-refractivity contribution in [2.45, 2.75) is 27.0 Å². The number of aryl methyl sites for hydroxylation is 1. The van der Waals surface area contributed by atoms with Gasteiger partial charge in [0, 0.05) is 28.8 Å². The first-order valence-corrected chi connectivity index (χ1v) is 10.4. The molecule has 1 N–H and O–H groups in total. The van der Waals surface area contributed by atoms with E-state index in [2.05, 4.69) is 34.2 Å². The van der Waals surface area contributed by atoms with Gasteiger partial charge in [0.2, 0.25) is 0 Å². The molecule has 3 aromatic rings. The quantitative estimate of drug-likeness (QED) is 0.295. The number of hydrogen-bond donors (Lipinski definition) is 1. The van der Waals surface area contributed by atoms with Gasteiger partial charge in [-0.25, -0.2) is 0 Å². The fourth-order valence-electron chi connectivity index (χ4n) is 2.95. The maximum Gasteiger partial charge on any atom is 0.269 e. The van der Waals surface area contributed by atoms with E-state index in [-0.39, 0.29) is 5.69 Å². The molecular formula is C23H23BrN2O4. The van der Waals surface area contributed by atoms with Crippen molar-refractivity contribution in [1.29, 1.82) is 0 Å². The Morgan fingerprint density at radius 2 is 1.70 bits per heavy atom. The predicted octanol–water partition coefficient (Wildman–Crippen LogP) is 6.26. The summed E-state index contributed by atoms with van der Waals surface area (Å²) in [6.07, 6.45) is 0. The van der Waals surface area contributed by atoms with E-state index >= 15 is 0 Å². The second-order valence-electron chi connectivity index (χ2n) is 6.74. The van der Waals surface area contributed by atoms with Crippen LogP contribution in [0, 0.1) is 17.0 Å². The van der Waals surface area contributed by atoms with Crippen LogP contribution in [-0.4, -0.2) is 11.5 Å². The largest absolute Gasteiger partial charge is 0.490 e. The Morgan fingerprint density at radius 1 is 0.967 bits per heavy atom. The number of rotatable bonds is 9. The number of ether oxygens (including phenoxy) is 2. The van der Waals surface area contributed by atoms with Gasteiger partial charge in [-0.05, 0) is 73.0 Å². The molecule has 0 heterocycles. The Balaban J connectivity index is 1.67. The molecule has 30 heavy (non-hydrogen) atoms. The van der Waals surface area contributed by atoms with Crippen molar-refractivity contribution in [2.75, 3.05) is 11.9 Å². The third-order valence-electron chi connectivity index (χ3n) is 4.52. The van der Waals surface area contributed by atoms with Crippen LogP contribution >= 0.6 is 15.9 Å². The molecule has 3 aromatic carbocycles. The van der Waals surface area contributed by atoms with E-state index in [1.165, 1.54) is 12.1 Å². The van der Waals surface area contributed by atoms with Gasteiger partial charge >= 0.3 is 0 Å². The second-order valence-corrected chi connectivity index (χ2v) is 7.65. The molecular weight excluding hydrogens is 448 g/mol. The van der Waals surface area contributed by atoms with Gasteiger partial charge in [-0.3, -0.25) is 10.1 Å². The van der Waals surface area contributed by atoms with E-state index in [1.807, 2.05) is 37.3 Å². The van der Waals surface area contributed by atoms with Crippen LogP contribution in [0.2, 0.25) is 0 Å². The molecule has 0 spiro atoms. The number of nitrogens with one attached hydrogen (secondary N) is 1. The number of non-ortho nitro benzene ring substituents is 1. The van der Waals surface area contributed by atoms with Crippen molar-refractivity contribution >= 4 is 27.3 Å². The average Bonchev–Trinajstić information content (AvgIpc) is 2.73. The summed E-state index contributed by atoms with van der Waals surface area (Å²) >= 11 is 3.48. The van der Waals surface area contributed by atoms with Gasteiger partial charge in [-0.2, -0.15) is 0 Å². The Bertz CT molecular complexity index is 1020. The van der Waals surface area contributed by atoms with E-state index in [0.717, 1.165) is 26.9 Å². The lowest BCUT2D eigenvalue weighted by Crippen LogP contribution is -2.04. The van der Waals surface area contributed by atoms with E-state index in [9.17, 15) is 10.1 Å². The molecule has 156 valence electrons. The molecule has 0 saturated carbocycles. The first-order chi connectivity index (χ1) is 14.5. The lowest BCUT2D eigenvalue weighted by molar-refractivity contribution is -0.384. The summed E-state index contributed by atoms with van der Waals surface area (Å²) in [5.74, 6) is 1.31. The summed E-state index contributed by atoms with van der Waals surface area (Å²) in [6, 6.07) is 18.3. The number of nitrogens with zero attached hydrogens (tertiary/aromatic N) is 1. The second kappa shape index (κ2) is 10.1. The molecule has 0 atom stereocenters. The van der Waals surface area contributed by atoms with Gasteiger partial charge < -0.3 is 14.8 Å². The molecule has 0 amide bonds. The molecule has 0 unspecified atom stereocenters. The minimum Gasteiger partial charge on any atom is -0.490 e. The fourth-order valence-corrected chi connectivity index (χ4v) is 3.42. The summed E-state index contributed by atoms with van der Waals surface area (Å²) in [6.45, 7) is 5.47. The molecule has 3 rings (SSSR count). The standard InChI is InChI=1S/C23H23BrN2O4/c1-3-29-23-13-18(14-25-21-10-7-19(24)12-16(21)2)6-11-22(23)30-15-17-4-8-20(9-5-17)26(27)28/h4-13,25H,3,14-15H2,1-2H3. The van der Waals surface area contributed by atoms with E-state index in [0.29, 0.717) is 31.3 Å². The SMILES string of the molecule is CCOc1cc(CNc2ccc(Br)cc2C)ccc1OCc1ccc([N+](=O)[O-])cc1. The number of anilines is 1. The first-order valence-electron chi connectivity index (χ1n) is 9.58. The van der Waals surface area contributed by atoms with Crippen LogP contribution in [0.25, 0.3) is 0 Å². The maximum atomic E-state index is 10.8. The Labute approximate surface area is 184 Å². The van der Waals surface area contributed by atoms with Crippen molar-refractivity contribution in [3.63, 3.8) is 0 Å². The van der Waals surface area contributed by atoms with Gasteiger partial charge in [-0.15, -0.1) is 0 Å². The van der Waals surface area contributed by atoms with Crippen LogP contribution in [0.4, 0.5) is 11.4 Å². The highest BCUT2D eigenvalue weighted by atomic mass is 79.9. The van der Waals surface area contributed by atoms with Crippen LogP contribution in [-0.2, 0) is 13.2 Å². The van der Waals surface area contributed by atoms with E-state index < -0.39 is 4.92 Å². The zero-order chi connectivity index (χ0) is 21.5. The highest BCUT2D eigenvalue weighted by molar-refractivity contribution is 9.10. The molecule has 0 fully saturated rings. The molecule has 0 aliphatic carbocycles. The van der Waals surface area contributed by atoms with Gasteiger partial charge in [0.15, 0.2) is 11.5 Å². The zero-order valence-corrected chi connectivity index (χ0v) is 18.4. The lowest BCUT2D eigenvalue weighted by atomic mass is 10.1.